The quantitative estimate of drug-likeness (QED) is 0.537. The van der Waals surface area contributed by atoms with Crippen LogP contribution >= 0.6 is 0 Å². The third-order valence-corrected chi connectivity index (χ3v) is 6.74. The molecule has 162 valence electrons. The van der Waals surface area contributed by atoms with Gasteiger partial charge in [-0.3, -0.25) is 9.59 Å². The molecule has 0 aliphatic heterocycles. The Labute approximate surface area is 184 Å². The summed E-state index contributed by atoms with van der Waals surface area (Å²) in [6.07, 6.45) is 6.51. The van der Waals surface area contributed by atoms with E-state index in [-0.39, 0.29) is 24.2 Å². The minimum atomic E-state index is -0.501. The summed E-state index contributed by atoms with van der Waals surface area (Å²) in [7, 11) is 1.99. The van der Waals surface area contributed by atoms with E-state index in [1.807, 2.05) is 67.2 Å². The summed E-state index contributed by atoms with van der Waals surface area (Å²) in [5, 5.41) is 4.32. The van der Waals surface area contributed by atoms with Gasteiger partial charge in [0.15, 0.2) is 5.78 Å². The van der Waals surface area contributed by atoms with Crippen LogP contribution in [0.5, 0.6) is 0 Å². The number of fused-ring (bicyclic) bond motifs is 1. The number of hydrogen-bond acceptors (Lipinski definition) is 2. The second kappa shape index (κ2) is 9.09. The van der Waals surface area contributed by atoms with E-state index >= 15 is 0 Å². The maximum absolute atomic E-state index is 13.5. The lowest BCUT2D eigenvalue weighted by Crippen LogP contribution is -2.40. The van der Waals surface area contributed by atoms with Crippen LogP contribution in [0.4, 0.5) is 0 Å². The van der Waals surface area contributed by atoms with E-state index in [9.17, 15) is 9.59 Å². The molecule has 1 unspecified atom stereocenters. The highest BCUT2D eigenvalue weighted by atomic mass is 16.2. The zero-order chi connectivity index (χ0) is 22.0. The van der Waals surface area contributed by atoms with Gasteiger partial charge in [-0.25, -0.2) is 0 Å². The lowest BCUT2D eigenvalue weighted by Gasteiger charge is -2.28. The third kappa shape index (κ3) is 4.73. The normalized spacial score (nSPS) is 19.8. The molecule has 1 heterocycles. The van der Waals surface area contributed by atoms with Crippen LogP contribution in [0.3, 0.4) is 0 Å². The van der Waals surface area contributed by atoms with Gasteiger partial charge in [0, 0.05) is 42.2 Å². The van der Waals surface area contributed by atoms with Crippen LogP contribution in [0, 0.1) is 12.8 Å². The molecular weight excluding hydrogens is 384 g/mol. The Morgan fingerprint density at radius 2 is 1.71 bits per heavy atom. The van der Waals surface area contributed by atoms with Crippen LogP contribution < -0.4 is 5.32 Å². The minimum absolute atomic E-state index is 0.00495. The molecule has 0 bridgehead atoms. The van der Waals surface area contributed by atoms with Gasteiger partial charge in [0.1, 0.15) is 0 Å². The second-order valence-corrected chi connectivity index (χ2v) is 9.22. The van der Waals surface area contributed by atoms with Crippen molar-refractivity contribution in [1.82, 2.24) is 9.88 Å². The molecule has 1 saturated carbocycles. The van der Waals surface area contributed by atoms with Gasteiger partial charge in [-0.15, -0.1) is 0 Å². The first kappa shape index (κ1) is 21.4. The van der Waals surface area contributed by atoms with Gasteiger partial charge in [-0.1, -0.05) is 55.0 Å². The molecule has 4 nitrogen and oxygen atoms in total. The van der Waals surface area contributed by atoms with E-state index < -0.39 is 5.92 Å². The van der Waals surface area contributed by atoms with Crippen LogP contribution in [0.2, 0.25) is 0 Å². The van der Waals surface area contributed by atoms with Crippen LogP contribution in [0.15, 0.2) is 54.7 Å². The molecule has 31 heavy (non-hydrogen) atoms. The Morgan fingerprint density at radius 3 is 2.42 bits per heavy atom. The van der Waals surface area contributed by atoms with E-state index in [0.29, 0.717) is 5.56 Å². The number of nitrogens with zero attached hydrogens (tertiary/aromatic N) is 1. The monoisotopic (exact) mass is 416 g/mol. The molecule has 1 aliphatic rings. The van der Waals surface area contributed by atoms with Crippen molar-refractivity contribution in [3.63, 3.8) is 0 Å². The molecule has 0 spiro atoms. The summed E-state index contributed by atoms with van der Waals surface area (Å²) in [6.45, 7) is 4.28. The van der Waals surface area contributed by atoms with E-state index in [2.05, 4.69) is 18.3 Å². The van der Waals surface area contributed by atoms with Crippen molar-refractivity contribution < 1.29 is 9.59 Å². The number of para-hydroxylation sites is 1. The molecule has 4 heteroatoms. The van der Waals surface area contributed by atoms with E-state index in [4.69, 9.17) is 0 Å². The van der Waals surface area contributed by atoms with Crippen LogP contribution in [0.1, 0.15) is 66.4 Å². The van der Waals surface area contributed by atoms with E-state index in [1.165, 1.54) is 0 Å². The average molecular weight is 417 g/mol. The standard InChI is InChI=1S/C27H32N2O2/c1-18-8-12-20(13-9-18)26(30)16-23(27(31)28-21-14-10-19(2)11-15-21)24-17-29(3)25-7-5-4-6-22(24)25/h4-9,12-13,17,19,21,23H,10-11,14-16H2,1-3H3,(H,28,31). The van der Waals surface area contributed by atoms with Gasteiger partial charge in [0.2, 0.25) is 5.91 Å². The van der Waals surface area contributed by atoms with Crippen molar-refractivity contribution in [2.45, 2.75) is 57.9 Å². The second-order valence-electron chi connectivity index (χ2n) is 9.22. The fourth-order valence-electron chi connectivity index (χ4n) is 4.74. The summed E-state index contributed by atoms with van der Waals surface area (Å²) in [5.74, 6) is 0.200. The average Bonchev–Trinajstić information content (AvgIpc) is 3.10. The lowest BCUT2D eigenvalue weighted by atomic mass is 9.86. The fourth-order valence-corrected chi connectivity index (χ4v) is 4.74. The van der Waals surface area contributed by atoms with Crippen molar-refractivity contribution in [1.29, 1.82) is 0 Å². The fraction of sp³-hybridized carbons (Fsp3) is 0.407. The van der Waals surface area contributed by atoms with Gasteiger partial charge in [-0.2, -0.15) is 0 Å². The first-order chi connectivity index (χ1) is 14.9. The van der Waals surface area contributed by atoms with Crippen molar-refractivity contribution in [2.24, 2.45) is 13.0 Å². The predicted octanol–water partition coefficient (Wildman–Crippen LogP) is 5.54. The maximum Gasteiger partial charge on any atom is 0.228 e. The highest BCUT2D eigenvalue weighted by molar-refractivity contribution is 6.01. The number of rotatable bonds is 6. The highest BCUT2D eigenvalue weighted by Gasteiger charge is 2.30. The first-order valence-corrected chi connectivity index (χ1v) is 11.4. The molecule has 2 aromatic carbocycles. The summed E-state index contributed by atoms with van der Waals surface area (Å²) in [6, 6.07) is 15.9. The van der Waals surface area contributed by atoms with Gasteiger partial charge in [0.05, 0.1) is 5.92 Å². The Balaban J connectivity index is 1.63. The number of amides is 1. The number of nitrogens with one attached hydrogen (secondary N) is 1. The molecule has 0 radical (unpaired) electrons. The molecule has 3 aromatic rings. The Kier molecular flexibility index (Phi) is 6.26. The zero-order valence-electron chi connectivity index (χ0n) is 18.7. The molecule has 4 rings (SSSR count). The molecular formula is C27H32N2O2. The number of benzene rings is 2. The zero-order valence-corrected chi connectivity index (χ0v) is 18.7. The number of carbonyl (C=O) groups is 2. The molecule has 1 atom stereocenters. The molecule has 1 N–H and O–H groups in total. The highest BCUT2D eigenvalue weighted by Crippen LogP contribution is 2.32. The van der Waals surface area contributed by atoms with Crippen molar-refractivity contribution >= 4 is 22.6 Å². The van der Waals surface area contributed by atoms with E-state index in [1.54, 1.807) is 0 Å². The Bertz CT molecular complexity index is 1070. The topological polar surface area (TPSA) is 51.1 Å². The molecule has 1 fully saturated rings. The molecule has 1 aromatic heterocycles. The number of aryl methyl sites for hydroxylation is 2. The summed E-state index contributed by atoms with van der Waals surface area (Å²) >= 11 is 0. The van der Waals surface area contributed by atoms with Crippen LogP contribution in [-0.2, 0) is 11.8 Å². The Morgan fingerprint density at radius 1 is 1.03 bits per heavy atom. The van der Waals surface area contributed by atoms with Crippen molar-refractivity contribution in [2.75, 3.05) is 0 Å². The van der Waals surface area contributed by atoms with Gasteiger partial charge >= 0.3 is 0 Å². The number of ketones is 1. The number of Topliss-reactive ketones (excluding diaryl/α,β-unsaturated/α-hetero) is 1. The predicted molar refractivity (Wildman–Crippen MR) is 125 cm³/mol. The van der Waals surface area contributed by atoms with Crippen LogP contribution in [0.25, 0.3) is 10.9 Å². The summed E-state index contributed by atoms with van der Waals surface area (Å²) < 4.78 is 2.05. The van der Waals surface area contributed by atoms with Gasteiger partial charge in [-0.05, 0) is 50.2 Å². The minimum Gasteiger partial charge on any atom is -0.353 e. The van der Waals surface area contributed by atoms with Gasteiger partial charge < -0.3 is 9.88 Å². The van der Waals surface area contributed by atoms with Crippen LogP contribution in [-0.4, -0.2) is 22.3 Å². The summed E-state index contributed by atoms with van der Waals surface area (Å²) in [5.41, 5.74) is 3.78. The van der Waals surface area contributed by atoms with Crippen molar-refractivity contribution in [3.8, 4) is 0 Å². The van der Waals surface area contributed by atoms with Crippen molar-refractivity contribution in [3.05, 3.63) is 71.4 Å². The molecule has 1 amide bonds. The van der Waals surface area contributed by atoms with E-state index in [0.717, 1.165) is 53.6 Å². The van der Waals surface area contributed by atoms with Gasteiger partial charge in [0.25, 0.3) is 0 Å². The number of carbonyl (C=O) groups excluding carboxylic acids is 2. The largest absolute Gasteiger partial charge is 0.353 e. The number of hydrogen-bond donors (Lipinski definition) is 1. The molecule has 1 aliphatic carbocycles. The third-order valence-electron chi connectivity index (χ3n) is 6.74. The molecule has 0 saturated heterocycles. The maximum atomic E-state index is 13.5. The first-order valence-electron chi connectivity index (χ1n) is 11.4. The SMILES string of the molecule is Cc1ccc(C(=O)CC(C(=O)NC2CCC(C)CC2)c2cn(C)c3ccccc23)cc1. The Hall–Kier alpha value is -2.88. The summed E-state index contributed by atoms with van der Waals surface area (Å²) in [4.78, 5) is 26.6. The lowest BCUT2D eigenvalue weighted by molar-refractivity contribution is -0.123. The smallest absolute Gasteiger partial charge is 0.228 e. The number of aromatic nitrogens is 1.